The Balaban J connectivity index is 2.30. The standard InChI is InChI=1S/C15H18FNO2/c1-3-8-17-15(14-5-4-9-19-14)11-6-7-13(18-2)12(16)10-11/h4-7,9-10,15,17H,3,8H2,1-2H3. The minimum atomic E-state index is -0.366. The highest BCUT2D eigenvalue weighted by atomic mass is 19.1. The summed E-state index contributed by atoms with van der Waals surface area (Å²) in [6.07, 6.45) is 2.62. The maximum atomic E-state index is 13.8. The van der Waals surface area contributed by atoms with Gasteiger partial charge in [-0.2, -0.15) is 0 Å². The number of rotatable bonds is 6. The lowest BCUT2D eigenvalue weighted by Gasteiger charge is -2.17. The number of nitrogens with one attached hydrogen (secondary N) is 1. The number of benzene rings is 1. The van der Waals surface area contributed by atoms with E-state index >= 15 is 0 Å². The zero-order valence-corrected chi connectivity index (χ0v) is 11.2. The molecule has 2 rings (SSSR count). The summed E-state index contributed by atoms with van der Waals surface area (Å²) in [6.45, 7) is 2.92. The van der Waals surface area contributed by atoms with Gasteiger partial charge < -0.3 is 14.5 Å². The normalized spacial score (nSPS) is 12.4. The molecule has 4 heteroatoms. The number of furan rings is 1. The van der Waals surface area contributed by atoms with Crippen LogP contribution in [0.4, 0.5) is 4.39 Å². The van der Waals surface area contributed by atoms with E-state index in [1.54, 1.807) is 12.3 Å². The van der Waals surface area contributed by atoms with Crippen LogP contribution < -0.4 is 10.1 Å². The molecule has 1 heterocycles. The first kappa shape index (κ1) is 13.6. The predicted molar refractivity (Wildman–Crippen MR) is 71.8 cm³/mol. The van der Waals surface area contributed by atoms with Gasteiger partial charge in [0.15, 0.2) is 11.6 Å². The van der Waals surface area contributed by atoms with Gasteiger partial charge in [0.05, 0.1) is 19.4 Å². The summed E-state index contributed by atoms with van der Waals surface area (Å²) in [6, 6.07) is 8.53. The van der Waals surface area contributed by atoms with Gasteiger partial charge in [-0.15, -0.1) is 0 Å². The quantitative estimate of drug-likeness (QED) is 0.866. The third-order valence-electron chi connectivity index (χ3n) is 2.94. The van der Waals surface area contributed by atoms with Gasteiger partial charge in [0.1, 0.15) is 5.76 Å². The lowest BCUT2D eigenvalue weighted by Crippen LogP contribution is -2.22. The van der Waals surface area contributed by atoms with Gasteiger partial charge in [-0.25, -0.2) is 4.39 Å². The van der Waals surface area contributed by atoms with Crippen molar-refractivity contribution < 1.29 is 13.5 Å². The van der Waals surface area contributed by atoms with Gasteiger partial charge in [-0.05, 0) is 42.8 Å². The van der Waals surface area contributed by atoms with Gasteiger partial charge in [0.2, 0.25) is 0 Å². The number of hydrogen-bond acceptors (Lipinski definition) is 3. The molecule has 1 unspecified atom stereocenters. The summed E-state index contributed by atoms with van der Waals surface area (Å²) in [5, 5.41) is 3.35. The molecule has 102 valence electrons. The van der Waals surface area contributed by atoms with Crippen LogP contribution in [0.5, 0.6) is 5.75 Å². The monoisotopic (exact) mass is 263 g/mol. The first-order valence-electron chi connectivity index (χ1n) is 6.36. The van der Waals surface area contributed by atoms with E-state index in [1.165, 1.54) is 13.2 Å². The highest BCUT2D eigenvalue weighted by Gasteiger charge is 2.17. The molecular weight excluding hydrogens is 245 g/mol. The Kier molecular flexibility index (Phi) is 4.58. The third-order valence-corrected chi connectivity index (χ3v) is 2.94. The number of halogens is 1. The fraction of sp³-hybridized carbons (Fsp3) is 0.333. The summed E-state index contributed by atoms with van der Waals surface area (Å²) in [5.74, 6) is 0.658. The smallest absolute Gasteiger partial charge is 0.165 e. The van der Waals surface area contributed by atoms with Crippen LogP contribution in [0.1, 0.15) is 30.7 Å². The van der Waals surface area contributed by atoms with Crippen LogP contribution in [0.3, 0.4) is 0 Å². The second-order valence-corrected chi connectivity index (χ2v) is 4.30. The van der Waals surface area contributed by atoms with Gasteiger partial charge >= 0.3 is 0 Å². The van der Waals surface area contributed by atoms with Crippen LogP contribution in [0.2, 0.25) is 0 Å². The van der Waals surface area contributed by atoms with Crippen molar-refractivity contribution in [2.45, 2.75) is 19.4 Å². The van der Waals surface area contributed by atoms with Gasteiger partial charge in [-0.1, -0.05) is 13.0 Å². The topological polar surface area (TPSA) is 34.4 Å². The summed E-state index contributed by atoms with van der Waals surface area (Å²) in [7, 11) is 1.46. The molecule has 0 radical (unpaired) electrons. The highest BCUT2D eigenvalue weighted by Crippen LogP contribution is 2.26. The first-order chi connectivity index (χ1) is 9.26. The Morgan fingerprint density at radius 1 is 1.37 bits per heavy atom. The minimum Gasteiger partial charge on any atom is -0.494 e. The molecule has 0 saturated heterocycles. The van der Waals surface area contributed by atoms with E-state index in [2.05, 4.69) is 12.2 Å². The van der Waals surface area contributed by atoms with Crippen molar-refractivity contribution >= 4 is 0 Å². The molecule has 3 nitrogen and oxygen atoms in total. The maximum Gasteiger partial charge on any atom is 0.165 e. The van der Waals surface area contributed by atoms with Crippen molar-refractivity contribution in [2.24, 2.45) is 0 Å². The molecule has 0 saturated carbocycles. The average molecular weight is 263 g/mol. The molecular formula is C15H18FNO2. The Labute approximate surface area is 112 Å². The second kappa shape index (κ2) is 6.38. The van der Waals surface area contributed by atoms with Crippen molar-refractivity contribution in [3.63, 3.8) is 0 Å². The van der Waals surface area contributed by atoms with Crippen molar-refractivity contribution in [3.05, 3.63) is 53.7 Å². The SMILES string of the molecule is CCCNC(c1ccc(OC)c(F)c1)c1ccco1. The van der Waals surface area contributed by atoms with Gasteiger partial charge in [0.25, 0.3) is 0 Å². The molecule has 1 atom stereocenters. The lowest BCUT2D eigenvalue weighted by molar-refractivity contribution is 0.385. The summed E-state index contributed by atoms with van der Waals surface area (Å²) < 4.78 is 24.2. The minimum absolute atomic E-state index is 0.143. The van der Waals surface area contributed by atoms with E-state index in [9.17, 15) is 4.39 Å². The molecule has 2 aromatic rings. The molecule has 1 aromatic carbocycles. The molecule has 0 aliphatic rings. The Morgan fingerprint density at radius 3 is 2.79 bits per heavy atom. The van der Waals surface area contributed by atoms with Crippen LogP contribution in [0, 0.1) is 5.82 Å². The zero-order chi connectivity index (χ0) is 13.7. The van der Waals surface area contributed by atoms with Crippen LogP contribution in [-0.2, 0) is 0 Å². The van der Waals surface area contributed by atoms with E-state index in [4.69, 9.17) is 9.15 Å². The molecule has 0 bridgehead atoms. The van der Waals surface area contributed by atoms with Crippen LogP contribution in [-0.4, -0.2) is 13.7 Å². The summed E-state index contributed by atoms with van der Waals surface area (Å²) in [4.78, 5) is 0. The van der Waals surface area contributed by atoms with Gasteiger partial charge in [0, 0.05) is 0 Å². The molecule has 0 fully saturated rings. The molecule has 0 amide bonds. The largest absolute Gasteiger partial charge is 0.494 e. The third kappa shape index (κ3) is 3.15. The Bertz CT molecular complexity index is 511. The zero-order valence-electron chi connectivity index (χ0n) is 11.2. The average Bonchev–Trinajstić information content (AvgIpc) is 2.93. The maximum absolute atomic E-state index is 13.8. The molecule has 1 aromatic heterocycles. The highest BCUT2D eigenvalue weighted by molar-refractivity contribution is 5.34. The van der Waals surface area contributed by atoms with Crippen LogP contribution in [0.15, 0.2) is 41.0 Å². The van der Waals surface area contributed by atoms with Crippen molar-refractivity contribution in [3.8, 4) is 5.75 Å². The molecule has 19 heavy (non-hydrogen) atoms. The van der Waals surface area contributed by atoms with Gasteiger partial charge in [-0.3, -0.25) is 0 Å². The summed E-state index contributed by atoms with van der Waals surface area (Å²) >= 11 is 0. The molecule has 0 aliphatic heterocycles. The fourth-order valence-electron chi connectivity index (χ4n) is 1.99. The van der Waals surface area contributed by atoms with E-state index in [-0.39, 0.29) is 17.6 Å². The van der Waals surface area contributed by atoms with Crippen LogP contribution in [0.25, 0.3) is 0 Å². The van der Waals surface area contributed by atoms with E-state index in [1.807, 2.05) is 18.2 Å². The van der Waals surface area contributed by atoms with E-state index in [0.717, 1.165) is 24.3 Å². The number of methoxy groups -OCH3 is 1. The Hall–Kier alpha value is -1.81. The van der Waals surface area contributed by atoms with Crippen molar-refractivity contribution in [1.29, 1.82) is 0 Å². The molecule has 1 N–H and O–H groups in total. The summed E-state index contributed by atoms with van der Waals surface area (Å²) in [5.41, 5.74) is 0.821. The number of hydrogen-bond donors (Lipinski definition) is 1. The second-order valence-electron chi connectivity index (χ2n) is 4.30. The van der Waals surface area contributed by atoms with Crippen molar-refractivity contribution in [2.75, 3.05) is 13.7 Å². The van der Waals surface area contributed by atoms with Crippen LogP contribution >= 0.6 is 0 Å². The van der Waals surface area contributed by atoms with E-state index < -0.39 is 0 Å². The number of ether oxygens (including phenoxy) is 1. The first-order valence-corrected chi connectivity index (χ1v) is 6.36. The Morgan fingerprint density at radius 2 is 2.21 bits per heavy atom. The van der Waals surface area contributed by atoms with Crippen molar-refractivity contribution in [1.82, 2.24) is 5.32 Å². The fourth-order valence-corrected chi connectivity index (χ4v) is 1.99. The predicted octanol–water partition coefficient (Wildman–Crippen LogP) is 3.52. The van der Waals surface area contributed by atoms with E-state index in [0.29, 0.717) is 0 Å². The molecule has 0 aliphatic carbocycles. The lowest BCUT2D eigenvalue weighted by atomic mass is 10.0. The molecule has 0 spiro atoms.